The summed E-state index contributed by atoms with van der Waals surface area (Å²) in [6.45, 7) is 6.89. The van der Waals surface area contributed by atoms with E-state index < -0.39 is 9.84 Å². The minimum atomic E-state index is -3.01. The quantitative estimate of drug-likeness (QED) is 0.916. The second-order valence-electron chi connectivity index (χ2n) is 6.60. The Bertz CT molecular complexity index is 628. The highest BCUT2D eigenvalue weighted by Gasteiger charge is 2.31. The van der Waals surface area contributed by atoms with E-state index in [0.29, 0.717) is 12.5 Å². The molecule has 128 valence electrons. The first-order chi connectivity index (χ1) is 10.8. The predicted molar refractivity (Wildman–Crippen MR) is 92.2 cm³/mol. The van der Waals surface area contributed by atoms with Gasteiger partial charge in [-0.05, 0) is 18.4 Å². The zero-order valence-corrected chi connectivity index (χ0v) is 14.8. The van der Waals surface area contributed by atoms with Gasteiger partial charge in [0.15, 0.2) is 9.84 Å². The number of amides is 2. The number of urea groups is 1. The van der Waals surface area contributed by atoms with Crippen LogP contribution in [0, 0.1) is 5.92 Å². The SMILES string of the molecule is CC(C)[C@@H](CNC(=O)N1CCS(=O)(=O)C[C@H]1C)c1ccccc1. The summed E-state index contributed by atoms with van der Waals surface area (Å²) >= 11 is 0. The van der Waals surface area contributed by atoms with Crippen molar-refractivity contribution in [3.8, 4) is 0 Å². The molecule has 6 heteroatoms. The molecule has 23 heavy (non-hydrogen) atoms. The molecule has 0 aliphatic carbocycles. The number of sulfone groups is 1. The van der Waals surface area contributed by atoms with Crippen LogP contribution >= 0.6 is 0 Å². The fourth-order valence-corrected chi connectivity index (χ4v) is 4.59. The summed E-state index contributed by atoms with van der Waals surface area (Å²) in [5.41, 5.74) is 1.21. The van der Waals surface area contributed by atoms with E-state index in [2.05, 4.69) is 31.3 Å². The first kappa shape index (κ1) is 17.8. The molecule has 0 spiro atoms. The van der Waals surface area contributed by atoms with Crippen LogP contribution in [0.15, 0.2) is 30.3 Å². The molecule has 0 bridgehead atoms. The predicted octanol–water partition coefficient (Wildman–Crippen LogP) is 2.25. The van der Waals surface area contributed by atoms with Crippen molar-refractivity contribution in [2.24, 2.45) is 5.92 Å². The Morgan fingerprint density at radius 2 is 1.96 bits per heavy atom. The lowest BCUT2D eigenvalue weighted by molar-refractivity contribution is 0.183. The molecular weight excluding hydrogens is 312 g/mol. The van der Waals surface area contributed by atoms with Crippen LogP contribution in [0.2, 0.25) is 0 Å². The lowest BCUT2D eigenvalue weighted by Crippen LogP contribution is -2.53. The van der Waals surface area contributed by atoms with E-state index in [-0.39, 0.29) is 36.0 Å². The highest BCUT2D eigenvalue weighted by molar-refractivity contribution is 7.91. The van der Waals surface area contributed by atoms with Gasteiger partial charge in [0.05, 0.1) is 11.5 Å². The summed E-state index contributed by atoms with van der Waals surface area (Å²) in [6.07, 6.45) is 0. The molecule has 1 aromatic carbocycles. The normalized spacial score (nSPS) is 21.9. The molecule has 2 atom stereocenters. The first-order valence-electron chi connectivity index (χ1n) is 8.10. The van der Waals surface area contributed by atoms with Crippen molar-refractivity contribution in [2.75, 3.05) is 24.6 Å². The van der Waals surface area contributed by atoms with E-state index in [0.717, 1.165) is 0 Å². The number of hydrogen-bond donors (Lipinski definition) is 1. The Kier molecular flexibility index (Phi) is 5.68. The Labute approximate surface area is 139 Å². The van der Waals surface area contributed by atoms with E-state index in [4.69, 9.17) is 0 Å². The molecule has 1 fully saturated rings. The van der Waals surface area contributed by atoms with E-state index in [9.17, 15) is 13.2 Å². The molecular formula is C17H26N2O3S. The summed E-state index contributed by atoms with van der Waals surface area (Å²) in [5, 5.41) is 2.98. The second kappa shape index (κ2) is 7.34. The highest BCUT2D eigenvalue weighted by atomic mass is 32.2. The van der Waals surface area contributed by atoms with Gasteiger partial charge in [0.25, 0.3) is 0 Å². The number of rotatable bonds is 4. The molecule has 0 saturated carbocycles. The average molecular weight is 338 g/mol. The zero-order chi connectivity index (χ0) is 17.0. The number of carbonyl (C=O) groups is 1. The summed E-state index contributed by atoms with van der Waals surface area (Å²) < 4.78 is 23.2. The molecule has 1 N–H and O–H groups in total. The Hall–Kier alpha value is -1.56. The molecule has 1 aliphatic heterocycles. The van der Waals surface area contributed by atoms with Crippen molar-refractivity contribution < 1.29 is 13.2 Å². The first-order valence-corrected chi connectivity index (χ1v) is 9.92. The summed E-state index contributed by atoms with van der Waals surface area (Å²) in [5.74, 6) is 0.741. The molecule has 1 aromatic rings. The Morgan fingerprint density at radius 1 is 1.30 bits per heavy atom. The van der Waals surface area contributed by atoms with Crippen molar-refractivity contribution in [3.05, 3.63) is 35.9 Å². The molecule has 2 rings (SSSR count). The van der Waals surface area contributed by atoms with Crippen molar-refractivity contribution >= 4 is 15.9 Å². The molecule has 0 unspecified atom stereocenters. The minimum Gasteiger partial charge on any atom is -0.337 e. The van der Waals surface area contributed by atoms with Crippen LogP contribution in [0.5, 0.6) is 0 Å². The Morgan fingerprint density at radius 3 is 2.52 bits per heavy atom. The molecule has 1 aliphatic rings. The molecule has 1 heterocycles. The lowest BCUT2D eigenvalue weighted by Gasteiger charge is -2.34. The van der Waals surface area contributed by atoms with Crippen LogP contribution in [0.25, 0.3) is 0 Å². The van der Waals surface area contributed by atoms with Crippen LogP contribution in [0.1, 0.15) is 32.3 Å². The number of carbonyl (C=O) groups excluding carboxylic acids is 1. The molecule has 1 saturated heterocycles. The maximum absolute atomic E-state index is 12.4. The van der Waals surface area contributed by atoms with Gasteiger partial charge < -0.3 is 10.2 Å². The standard InChI is InChI=1S/C17H26N2O3S/c1-13(2)16(15-7-5-4-6-8-15)11-18-17(20)19-9-10-23(21,22)12-14(19)3/h4-8,13-14,16H,9-12H2,1-3H3,(H,18,20)/t14-,16-/m1/s1. The summed E-state index contributed by atoms with van der Waals surface area (Å²) in [4.78, 5) is 14.0. The molecule has 0 radical (unpaired) electrons. The van der Waals surface area contributed by atoms with E-state index >= 15 is 0 Å². The van der Waals surface area contributed by atoms with Gasteiger partial charge in [0, 0.05) is 25.0 Å². The number of hydrogen-bond acceptors (Lipinski definition) is 3. The van der Waals surface area contributed by atoms with Gasteiger partial charge in [-0.1, -0.05) is 44.2 Å². The van der Waals surface area contributed by atoms with Gasteiger partial charge >= 0.3 is 6.03 Å². The number of nitrogens with one attached hydrogen (secondary N) is 1. The fraction of sp³-hybridized carbons (Fsp3) is 0.588. The largest absolute Gasteiger partial charge is 0.337 e. The van der Waals surface area contributed by atoms with Crippen molar-refractivity contribution in [1.82, 2.24) is 10.2 Å². The van der Waals surface area contributed by atoms with Crippen LogP contribution in [-0.2, 0) is 9.84 Å². The lowest BCUT2D eigenvalue weighted by atomic mass is 9.88. The Balaban J connectivity index is 1.97. The van der Waals surface area contributed by atoms with Crippen LogP contribution < -0.4 is 5.32 Å². The molecule has 5 nitrogen and oxygen atoms in total. The van der Waals surface area contributed by atoms with E-state index in [1.807, 2.05) is 18.2 Å². The second-order valence-corrected chi connectivity index (χ2v) is 8.83. The number of benzene rings is 1. The van der Waals surface area contributed by atoms with Gasteiger partial charge in [0.1, 0.15) is 0 Å². The van der Waals surface area contributed by atoms with Crippen molar-refractivity contribution in [3.63, 3.8) is 0 Å². The summed E-state index contributed by atoms with van der Waals surface area (Å²) in [6, 6.07) is 9.69. The highest BCUT2D eigenvalue weighted by Crippen LogP contribution is 2.23. The minimum absolute atomic E-state index is 0.0483. The van der Waals surface area contributed by atoms with Gasteiger partial charge in [0.2, 0.25) is 0 Å². The third-order valence-electron chi connectivity index (χ3n) is 4.44. The summed E-state index contributed by atoms with van der Waals surface area (Å²) in [7, 11) is -3.01. The van der Waals surface area contributed by atoms with Gasteiger partial charge in [-0.3, -0.25) is 0 Å². The topological polar surface area (TPSA) is 66.5 Å². The van der Waals surface area contributed by atoms with Crippen molar-refractivity contribution in [2.45, 2.75) is 32.7 Å². The van der Waals surface area contributed by atoms with Crippen LogP contribution in [0.3, 0.4) is 0 Å². The van der Waals surface area contributed by atoms with E-state index in [1.165, 1.54) is 5.56 Å². The smallest absolute Gasteiger partial charge is 0.317 e. The molecule has 2 amide bonds. The van der Waals surface area contributed by atoms with Crippen LogP contribution in [-0.4, -0.2) is 50.0 Å². The number of nitrogens with zero attached hydrogens (tertiary/aromatic N) is 1. The van der Waals surface area contributed by atoms with Crippen molar-refractivity contribution in [1.29, 1.82) is 0 Å². The van der Waals surface area contributed by atoms with Crippen LogP contribution in [0.4, 0.5) is 4.79 Å². The maximum Gasteiger partial charge on any atom is 0.317 e. The van der Waals surface area contributed by atoms with Gasteiger partial charge in [-0.2, -0.15) is 0 Å². The van der Waals surface area contributed by atoms with Gasteiger partial charge in [-0.15, -0.1) is 0 Å². The third kappa shape index (κ3) is 4.70. The van der Waals surface area contributed by atoms with E-state index in [1.54, 1.807) is 11.8 Å². The van der Waals surface area contributed by atoms with Gasteiger partial charge in [-0.25, -0.2) is 13.2 Å². The zero-order valence-electron chi connectivity index (χ0n) is 14.0. The fourth-order valence-electron chi connectivity index (χ4n) is 3.04. The third-order valence-corrected chi connectivity index (χ3v) is 6.23. The monoisotopic (exact) mass is 338 g/mol. The average Bonchev–Trinajstić information content (AvgIpc) is 2.47. The molecule has 0 aromatic heterocycles. The maximum atomic E-state index is 12.4.